The standard InChI is InChI=1S/C22H20ClNO2/c1-16-5-3-4-6-20(16)24-14-18-9-12-21(22(13-18)25-2)26-15-17-7-10-19(23)11-8-17/h3-14H,15H2,1-2H3. The zero-order valence-electron chi connectivity index (χ0n) is 14.8. The second-order valence-electron chi connectivity index (χ2n) is 5.87. The van der Waals surface area contributed by atoms with E-state index < -0.39 is 0 Å². The minimum atomic E-state index is 0.449. The SMILES string of the molecule is COc1cc(C=Nc2ccccc2C)ccc1OCc1ccc(Cl)cc1. The fourth-order valence-corrected chi connectivity index (χ4v) is 2.60. The molecule has 3 aromatic rings. The Morgan fingerprint density at radius 1 is 0.962 bits per heavy atom. The van der Waals surface area contributed by atoms with Gasteiger partial charge in [0.2, 0.25) is 0 Å². The predicted octanol–water partition coefficient (Wildman–Crippen LogP) is 5.99. The van der Waals surface area contributed by atoms with Gasteiger partial charge >= 0.3 is 0 Å². The van der Waals surface area contributed by atoms with Crippen molar-refractivity contribution in [2.75, 3.05) is 7.11 Å². The summed E-state index contributed by atoms with van der Waals surface area (Å²) in [4.78, 5) is 4.55. The number of aryl methyl sites for hydroxylation is 1. The van der Waals surface area contributed by atoms with Crippen molar-refractivity contribution < 1.29 is 9.47 Å². The highest BCUT2D eigenvalue weighted by Gasteiger charge is 2.06. The molecular formula is C22H20ClNO2. The summed E-state index contributed by atoms with van der Waals surface area (Å²) in [6, 6.07) is 21.4. The fraction of sp³-hybridized carbons (Fsp3) is 0.136. The Balaban J connectivity index is 1.73. The maximum Gasteiger partial charge on any atom is 0.161 e. The number of rotatable bonds is 6. The van der Waals surface area contributed by atoms with E-state index in [1.807, 2.05) is 79.9 Å². The molecule has 3 nitrogen and oxygen atoms in total. The summed E-state index contributed by atoms with van der Waals surface area (Å²) in [6.07, 6.45) is 1.83. The van der Waals surface area contributed by atoms with Gasteiger partial charge in [0.05, 0.1) is 12.8 Å². The third kappa shape index (κ3) is 4.64. The van der Waals surface area contributed by atoms with Crippen LogP contribution in [-0.2, 0) is 6.61 Å². The largest absolute Gasteiger partial charge is 0.493 e. The number of benzene rings is 3. The lowest BCUT2D eigenvalue weighted by Crippen LogP contribution is -1.98. The quantitative estimate of drug-likeness (QED) is 0.502. The lowest BCUT2D eigenvalue weighted by molar-refractivity contribution is 0.284. The highest BCUT2D eigenvalue weighted by Crippen LogP contribution is 2.29. The molecule has 0 aliphatic carbocycles. The Kier molecular flexibility index (Phi) is 5.92. The van der Waals surface area contributed by atoms with Gasteiger partial charge in [-0.2, -0.15) is 0 Å². The summed E-state index contributed by atoms with van der Waals surface area (Å²) >= 11 is 5.90. The van der Waals surface area contributed by atoms with Gasteiger partial charge in [0.1, 0.15) is 6.61 Å². The van der Waals surface area contributed by atoms with Gasteiger partial charge in [-0.15, -0.1) is 0 Å². The van der Waals surface area contributed by atoms with Crippen LogP contribution in [0.1, 0.15) is 16.7 Å². The summed E-state index contributed by atoms with van der Waals surface area (Å²) < 4.78 is 11.3. The molecule has 0 bridgehead atoms. The minimum absolute atomic E-state index is 0.449. The van der Waals surface area contributed by atoms with Crippen LogP contribution >= 0.6 is 11.6 Å². The number of para-hydroxylation sites is 1. The average molecular weight is 366 g/mol. The van der Waals surface area contributed by atoms with Crippen molar-refractivity contribution in [1.82, 2.24) is 0 Å². The predicted molar refractivity (Wildman–Crippen MR) is 107 cm³/mol. The van der Waals surface area contributed by atoms with E-state index >= 15 is 0 Å². The molecule has 0 aromatic heterocycles. The van der Waals surface area contributed by atoms with Crippen molar-refractivity contribution in [2.24, 2.45) is 4.99 Å². The van der Waals surface area contributed by atoms with Crippen molar-refractivity contribution in [2.45, 2.75) is 13.5 Å². The van der Waals surface area contributed by atoms with E-state index in [4.69, 9.17) is 21.1 Å². The third-order valence-corrected chi connectivity index (χ3v) is 4.22. The van der Waals surface area contributed by atoms with E-state index in [2.05, 4.69) is 4.99 Å². The first kappa shape index (κ1) is 18.0. The van der Waals surface area contributed by atoms with Crippen molar-refractivity contribution in [3.63, 3.8) is 0 Å². The summed E-state index contributed by atoms with van der Waals surface area (Å²) in [5, 5.41) is 0.712. The van der Waals surface area contributed by atoms with Crippen LogP contribution in [0, 0.1) is 6.92 Å². The maximum atomic E-state index is 5.90. The van der Waals surface area contributed by atoms with Crippen LogP contribution in [0.5, 0.6) is 11.5 Å². The zero-order valence-corrected chi connectivity index (χ0v) is 15.5. The Morgan fingerprint density at radius 3 is 2.46 bits per heavy atom. The van der Waals surface area contributed by atoms with Gasteiger partial charge in [-0.1, -0.05) is 41.9 Å². The van der Waals surface area contributed by atoms with Crippen LogP contribution in [0.25, 0.3) is 0 Å². The first-order valence-electron chi connectivity index (χ1n) is 8.30. The first-order chi connectivity index (χ1) is 12.7. The van der Waals surface area contributed by atoms with Crippen LogP contribution in [0.3, 0.4) is 0 Å². The van der Waals surface area contributed by atoms with Gasteiger partial charge in [-0.25, -0.2) is 0 Å². The molecule has 0 radical (unpaired) electrons. The van der Waals surface area contributed by atoms with Crippen molar-refractivity contribution in [1.29, 1.82) is 0 Å². The van der Waals surface area contributed by atoms with Crippen molar-refractivity contribution >= 4 is 23.5 Å². The molecule has 0 heterocycles. The lowest BCUT2D eigenvalue weighted by Gasteiger charge is -2.11. The fourth-order valence-electron chi connectivity index (χ4n) is 2.48. The van der Waals surface area contributed by atoms with Crippen LogP contribution in [0.4, 0.5) is 5.69 Å². The molecular weight excluding hydrogens is 346 g/mol. The number of ether oxygens (including phenoxy) is 2. The van der Waals surface area contributed by atoms with Crippen molar-refractivity contribution in [3.05, 3.63) is 88.4 Å². The number of hydrogen-bond acceptors (Lipinski definition) is 3. The van der Waals surface area contributed by atoms with Gasteiger partial charge in [0, 0.05) is 11.2 Å². The summed E-state index contributed by atoms with van der Waals surface area (Å²) in [6.45, 7) is 2.49. The summed E-state index contributed by atoms with van der Waals surface area (Å²) in [5.74, 6) is 1.36. The number of aliphatic imine (C=N–C) groups is 1. The molecule has 0 atom stereocenters. The molecule has 0 amide bonds. The van der Waals surface area contributed by atoms with E-state index in [1.165, 1.54) is 0 Å². The van der Waals surface area contributed by atoms with Gasteiger partial charge in [0.25, 0.3) is 0 Å². The Labute approximate surface area is 158 Å². The molecule has 3 aromatic carbocycles. The van der Waals surface area contributed by atoms with Crippen LogP contribution in [0.2, 0.25) is 5.02 Å². The minimum Gasteiger partial charge on any atom is -0.493 e. The van der Waals surface area contributed by atoms with Crippen molar-refractivity contribution in [3.8, 4) is 11.5 Å². The second kappa shape index (κ2) is 8.54. The molecule has 0 aliphatic rings. The topological polar surface area (TPSA) is 30.8 Å². The number of nitrogens with zero attached hydrogens (tertiary/aromatic N) is 1. The van der Waals surface area contributed by atoms with E-state index in [1.54, 1.807) is 7.11 Å². The second-order valence-corrected chi connectivity index (χ2v) is 6.31. The molecule has 0 fully saturated rings. The van der Waals surface area contributed by atoms with Gasteiger partial charge in [-0.05, 0) is 60.0 Å². The highest BCUT2D eigenvalue weighted by molar-refractivity contribution is 6.30. The van der Waals surface area contributed by atoms with E-state index in [0.29, 0.717) is 23.1 Å². The van der Waals surface area contributed by atoms with Crippen LogP contribution in [-0.4, -0.2) is 13.3 Å². The number of hydrogen-bond donors (Lipinski definition) is 0. The number of halogens is 1. The smallest absolute Gasteiger partial charge is 0.161 e. The molecule has 0 unspecified atom stereocenters. The molecule has 0 saturated carbocycles. The van der Waals surface area contributed by atoms with Gasteiger partial charge in [0.15, 0.2) is 11.5 Å². The molecule has 0 saturated heterocycles. The summed E-state index contributed by atoms with van der Waals surface area (Å²) in [5.41, 5.74) is 4.08. The Bertz CT molecular complexity index is 904. The van der Waals surface area contributed by atoms with Crippen LogP contribution < -0.4 is 9.47 Å². The molecule has 0 spiro atoms. The third-order valence-electron chi connectivity index (χ3n) is 3.96. The normalized spacial score (nSPS) is 10.9. The summed E-state index contributed by atoms with van der Waals surface area (Å²) in [7, 11) is 1.63. The van der Waals surface area contributed by atoms with Gasteiger partial charge in [-0.3, -0.25) is 4.99 Å². The monoisotopic (exact) mass is 365 g/mol. The lowest BCUT2D eigenvalue weighted by atomic mass is 10.2. The average Bonchev–Trinajstić information content (AvgIpc) is 2.67. The Morgan fingerprint density at radius 2 is 1.73 bits per heavy atom. The number of methoxy groups -OCH3 is 1. The first-order valence-corrected chi connectivity index (χ1v) is 8.68. The molecule has 4 heteroatoms. The van der Waals surface area contributed by atoms with Crippen LogP contribution in [0.15, 0.2) is 71.7 Å². The van der Waals surface area contributed by atoms with E-state index in [0.717, 1.165) is 22.4 Å². The van der Waals surface area contributed by atoms with Gasteiger partial charge < -0.3 is 9.47 Å². The molecule has 0 aliphatic heterocycles. The maximum absolute atomic E-state index is 5.90. The molecule has 132 valence electrons. The Hall–Kier alpha value is -2.78. The zero-order chi connectivity index (χ0) is 18.4. The van der Waals surface area contributed by atoms with E-state index in [-0.39, 0.29) is 0 Å². The molecule has 26 heavy (non-hydrogen) atoms. The molecule has 3 rings (SSSR count). The van der Waals surface area contributed by atoms with E-state index in [9.17, 15) is 0 Å². The molecule has 0 N–H and O–H groups in total. The highest BCUT2D eigenvalue weighted by atomic mass is 35.5.